The second-order valence-corrected chi connectivity index (χ2v) is 13.0. The van der Waals surface area contributed by atoms with Crippen molar-refractivity contribution in [2.24, 2.45) is 11.8 Å². The lowest BCUT2D eigenvalue weighted by atomic mass is 9.98. The third-order valence-corrected chi connectivity index (χ3v) is 8.38. The summed E-state index contributed by atoms with van der Waals surface area (Å²) in [6.07, 6.45) is 3.19. The Morgan fingerprint density at radius 2 is 1.62 bits per heavy atom. The monoisotopic (exact) mass is 715 g/mol. The van der Waals surface area contributed by atoms with Gasteiger partial charge in [-0.25, -0.2) is 9.78 Å². The zero-order valence-corrected chi connectivity index (χ0v) is 29.8. The van der Waals surface area contributed by atoms with Crippen molar-refractivity contribution in [3.63, 3.8) is 0 Å². The van der Waals surface area contributed by atoms with Crippen molar-refractivity contribution in [2.75, 3.05) is 11.9 Å². The molecule has 1 aliphatic rings. The van der Waals surface area contributed by atoms with Gasteiger partial charge in [-0.1, -0.05) is 58.9 Å². The highest BCUT2D eigenvalue weighted by Crippen LogP contribution is 2.26. The first-order chi connectivity index (χ1) is 24.9. The fraction of sp³-hybridized carbons (Fsp3) is 0.405. The lowest BCUT2D eigenvalue weighted by molar-refractivity contribution is -0.143. The molecule has 2 aromatic carbocycles. The van der Waals surface area contributed by atoms with Crippen LogP contribution in [0.4, 0.5) is 10.5 Å². The zero-order chi connectivity index (χ0) is 37.8. The van der Waals surface area contributed by atoms with Gasteiger partial charge in [0.2, 0.25) is 17.7 Å². The van der Waals surface area contributed by atoms with Gasteiger partial charge in [0, 0.05) is 30.6 Å². The smallest absolute Gasteiger partial charge is 0.411 e. The highest BCUT2D eigenvalue weighted by atomic mass is 16.6. The van der Waals surface area contributed by atoms with Gasteiger partial charge < -0.3 is 35.1 Å². The Bertz CT molecular complexity index is 1710. The van der Waals surface area contributed by atoms with Crippen molar-refractivity contribution >= 4 is 41.7 Å². The highest BCUT2D eigenvalue weighted by Gasteiger charge is 2.45. The van der Waals surface area contributed by atoms with E-state index in [1.165, 1.54) is 23.5 Å². The predicted molar refractivity (Wildman–Crippen MR) is 190 cm³/mol. The largest absolute Gasteiger partial charge is 0.457 e. The molecule has 4 rings (SSSR count). The van der Waals surface area contributed by atoms with E-state index in [4.69, 9.17) is 9.47 Å². The fourth-order valence-electron chi connectivity index (χ4n) is 5.55. The summed E-state index contributed by atoms with van der Waals surface area (Å²) in [4.78, 5) is 87.8. The van der Waals surface area contributed by atoms with E-state index in [1.54, 1.807) is 71.0 Å². The van der Waals surface area contributed by atoms with E-state index >= 15 is 0 Å². The lowest BCUT2D eigenvalue weighted by Crippen LogP contribution is -2.59. The number of nitrogens with zero attached hydrogens (tertiary/aromatic N) is 3. The third-order valence-electron chi connectivity index (χ3n) is 8.38. The number of ether oxygens (including phenoxy) is 2. The molecule has 0 spiro atoms. The molecule has 1 fully saturated rings. The highest BCUT2D eigenvalue weighted by molar-refractivity contribution is 5.98. The predicted octanol–water partition coefficient (Wildman–Crippen LogP) is 3.48. The standard InChI is InChI=1S/C37H45N7O8/c1-6-24(21-45)40-34(47)30-18-28(52-37(50)41-25-11-10-14-27(17-25)51-26-12-8-7-9-13-26)20-44(30)36(49)32(23(4)5)43-35(48)31(22(2)3)42-33(46)29-19-38-15-16-39-29/h7-17,19,21-24,28,30-32H,6,18,20H2,1-5H3,(H,40,47)(H,41,50)(H,42,46)(H,43,48)/t24-,28+,30-,31-,32-/m0/s1. The first kappa shape index (κ1) is 38.9. The Kier molecular flexibility index (Phi) is 13.8. The van der Waals surface area contributed by atoms with Crippen LogP contribution in [0, 0.1) is 11.8 Å². The van der Waals surface area contributed by atoms with Crippen molar-refractivity contribution in [1.82, 2.24) is 30.8 Å². The number of anilines is 1. The molecule has 2 heterocycles. The fourth-order valence-corrected chi connectivity index (χ4v) is 5.55. The second kappa shape index (κ2) is 18.4. The van der Waals surface area contributed by atoms with Gasteiger partial charge in [0.25, 0.3) is 5.91 Å². The molecule has 3 aromatic rings. The maximum Gasteiger partial charge on any atom is 0.411 e. The second-order valence-electron chi connectivity index (χ2n) is 13.0. The summed E-state index contributed by atoms with van der Waals surface area (Å²) in [6.45, 7) is 8.51. The first-order valence-corrected chi connectivity index (χ1v) is 17.1. The topological polar surface area (TPSA) is 198 Å². The number of rotatable bonds is 15. The van der Waals surface area contributed by atoms with Gasteiger partial charge in [-0.2, -0.15) is 0 Å². The zero-order valence-electron chi connectivity index (χ0n) is 29.8. The van der Waals surface area contributed by atoms with Crippen LogP contribution in [-0.4, -0.2) is 87.7 Å². The molecule has 1 saturated heterocycles. The molecule has 15 nitrogen and oxygen atoms in total. The third kappa shape index (κ3) is 10.6. The number of nitrogens with one attached hydrogen (secondary N) is 4. The number of carbonyl (C=O) groups excluding carboxylic acids is 6. The maximum absolute atomic E-state index is 14.2. The molecule has 52 heavy (non-hydrogen) atoms. The van der Waals surface area contributed by atoms with Gasteiger partial charge in [0.15, 0.2) is 0 Å². The van der Waals surface area contributed by atoms with Crippen molar-refractivity contribution in [2.45, 2.75) is 77.7 Å². The Balaban J connectivity index is 1.48. The molecule has 0 aliphatic carbocycles. The van der Waals surface area contributed by atoms with E-state index < -0.39 is 65.9 Å². The Labute approximate surface area is 302 Å². The number of likely N-dealkylation sites (tertiary alicyclic amines) is 1. The number of para-hydroxylation sites is 1. The quantitative estimate of drug-likeness (QED) is 0.169. The molecule has 276 valence electrons. The number of aldehydes is 1. The number of amides is 5. The molecule has 5 amide bonds. The van der Waals surface area contributed by atoms with Crippen LogP contribution < -0.4 is 26.0 Å². The summed E-state index contributed by atoms with van der Waals surface area (Å²) >= 11 is 0. The van der Waals surface area contributed by atoms with Crippen molar-refractivity contribution in [1.29, 1.82) is 0 Å². The number of carbonyl (C=O) groups is 6. The average molecular weight is 716 g/mol. The van der Waals surface area contributed by atoms with Gasteiger partial charge in [0.05, 0.1) is 18.8 Å². The molecule has 4 N–H and O–H groups in total. The van der Waals surface area contributed by atoms with E-state index in [0.717, 1.165) is 0 Å². The van der Waals surface area contributed by atoms with Crippen molar-refractivity contribution < 1.29 is 38.2 Å². The normalized spacial score (nSPS) is 17.0. The summed E-state index contributed by atoms with van der Waals surface area (Å²) in [5, 5.41) is 10.7. The van der Waals surface area contributed by atoms with Crippen LogP contribution in [-0.2, 0) is 23.9 Å². The van der Waals surface area contributed by atoms with Gasteiger partial charge >= 0.3 is 6.09 Å². The minimum Gasteiger partial charge on any atom is -0.457 e. The maximum atomic E-state index is 14.2. The molecule has 15 heteroatoms. The SMILES string of the molecule is CC[C@@H](C=O)NC(=O)[C@@H]1C[C@@H](OC(=O)Nc2cccc(Oc3ccccc3)c2)CN1C(=O)[C@@H](NC(=O)[C@@H](NC(=O)c1cnccn1)C(C)C)C(C)C. The van der Waals surface area contributed by atoms with Crippen LogP contribution in [0.1, 0.15) is 57.9 Å². The number of aromatic nitrogens is 2. The van der Waals surface area contributed by atoms with Crippen LogP contribution in [0.3, 0.4) is 0 Å². The van der Waals surface area contributed by atoms with Crippen molar-refractivity contribution in [3.05, 3.63) is 78.9 Å². The van der Waals surface area contributed by atoms with Crippen LogP contribution in [0.15, 0.2) is 73.2 Å². The van der Waals surface area contributed by atoms with E-state index in [1.807, 2.05) is 18.2 Å². The molecule has 1 aliphatic heterocycles. The van der Waals surface area contributed by atoms with Gasteiger partial charge in [-0.15, -0.1) is 0 Å². The molecular formula is C37H45N7O8. The summed E-state index contributed by atoms with van der Waals surface area (Å²) in [6, 6.07) is 11.8. The Morgan fingerprint density at radius 3 is 2.25 bits per heavy atom. The van der Waals surface area contributed by atoms with Crippen LogP contribution in [0.25, 0.3) is 0 Å². The summed E-state index contributed by atoms with van der Waals surface area (Å²) in [5.74, 6) is -2.14. The summed E-state index contributed by atoms with van der Waals surface area (Å²) in [7, 11) is 0. The van der Waals surface area contributed by atoms with E-state index in [2.05, 4.69) is 31.2 Å². The van der Waals surface area contributed by atoms with E-state index in [-0.39, 0.29) is 24.6 Å². The molecule has 0 saturated carbocycles. The molecule has 5 atom stereocenters. The lowest BCUT2D eigenvalue weighted by Gasteiger charge is -2.32. The molecular weight excluding hydrogens is 670 g/mol. The summed E-state index contributed by atoms with van der Waals surface area (Å²) < 4.78 is 11.5. The van der Waals surface area contributed by atoms with E-state index in [0.29, 0.717) is 29.9 Å². The van der Waals surface area contributed by atoms with Gasteiger partial charge in [0.1, 0.15) is 47.7 Å². The molecule has 0 radical (unpaired) electrons. The number of hydrogen-bond acceptors (Lipinski definition) is 10. The van der Waals surface area contributed by atoms with Crippen LogP contribution in [0.5, 0.6) is 11.5 Å². The average Bonchev–Trinajstić information content (AvgIpc) is 3.55. The van der Waals surface area contributed by atoms with Crippen molar-refractivity contribution in [3.8, 4) is 11.5 Å². The van der Waals surface area contributed by atoms with Crippen LogP contribution in [0.2, 0.25) is 0 Å². The molecule has 0 bridgehead atoms. The Morgan fingerprint density at radius 1 is 0.904 bits per heavy atom. The number of hydrogen-bond donors (Lipinski definition) is 4. The minimum atomic E-state index is -1.12. The van der Waals surface area contributed by atoms with Gasteiger partial charge in [-0.3, -0.25) is 29.5 Å². The minimum absolute atomic E-state index is 0.0207. The van der Waals surface area contributed by atoms with Crippen LogP contribution >= 0.6 is 0 Å². The Hall–Kier alpha value is -5.86. The van der Waals surface area contributed by atoms with Gasteiger partial charge in [-0.05, 0) is 42.5 Å². The molecule has 0 unspecified atom stereocenters. The first-order valence-electron chi connectivity index (χ1n) is 17.1. The summed E-state index contributed by atoms with van der Waals surface area (Å²) in [5.41, 5.74) is 0.413. The van der Waals surface area contributed by atoms with E-state index in [9.17, 15) is 28.8 Å². The molecule has 1 aromatic heterocycles. The number of benzene rings is 2.